The SMILES string of the molecule is CC1CCC(CN)CN1c1cn[nH]c(=O)c1Cl. The maximum atomic E-state index is 11.4. The third-order valence-corrected chi connectivity index (χ3v) is 3.76. The van der Waals surface area contributed by atoms with Crippen molar-refractivity contribution in [2.75, 3.05) is 18.0 Å². The Kier molecular flexibility index (Phi) is 3.69. The van der Waals surface area contributed by atoms with Crippen molar-refractivity contribution in [2.24, 2.45) is 11.7 Å². The second-order valence-electron chi connectivity index (χ2n) is 4.58. The molecule has 5 nitrogen and oxygen atoms in total. The predicted molar refractivity (Wildman–Crippen MR) is 68.5 cm³/mol. The van der Waals surface area contributed by atoms with E-state index < -0.39 is 0 Å². The normalized spacial score (nSPS) is 25.0. The van der Waals surface area contributed by atoms with Crippen LogP contribution < -0.4 is 16.2 Å². The number of piperidine rings is 1. The van der Waals surface area contributed by atoms with Gasteiger partial charge in [0.2, 0.25) is 0 Å². The van der Waals surface area contributed by atoms with E-state index in [1.807, 2.05) is 0 Å². The first-order valence-electron chi connectivity index (χ1n) is 5.83. The van der Waals surface area contributed by atoms with E-state index in [1.54, 1.807) is 6.20 Å². The maximum absolute atomic E-state index is 11.4. The van der Waals surface area contributed by atoms with E-state index in [0.717, 1.165) is 19.4 Å². The average molecular weight is 257 g/mol. The molecule has 0 aliphatic carbocycles. The van der Waals surface area contributed by atoms with E-state index >= 15 is 0 Å². The van der Waals surface area contributed by atoms with Gasteiger partial charge < -0.3 is 10.6 Å². The summed E-state index contributed by atoms with van der Waals surface area (Å²) in [6.45, 7) is 3.63. The van der Waals surface area contributed by atoms with E-state index in [2.05, 4.69) is 22.0 Å². The lowest BCUT2D eigenvalue weighted by atomic mass is 9.93. The summed E-state index contributed by atoms with van der Waals surface area (Å²) in [4.78, 5) is 13.6. The van der Waals surface area contributed by atoms with Crippen LogP contribution in [0.4, 0.5) is 5.69 Å². The lowest BCUT2D eigenvalue weighted by Gasteiger charge is -2.39. The number of H-pyrrole nitrogens is 1. The number of nitrogens with one attached hydrogen (secondary N) is 1. The Balaban J connectivity index is 2.31. The van der Waals surface area contributed by atoms with Crippen molar-refractivity contribution < 1.29 is 0 Å². The number of anilines is 1. The minimum atomic E-state index is -0.341. The Hall–Kier alpha value is -1.07. The smallest absolute Gasteiger partial charge is 0.285 e. The van der Waals surface area contributed by atoms with Crippen molar-refractivity contribution in [1.29, 1.82) is 0 Å². The second kappa shape index (κ2) is 5.06. The van der Waals surface area contributed by atoms with Gasteiger partial charge in [-0.25, -0.2) is 5.10 Å². The monoisotopic (exact) mass is 256 g/mol. The van der Waals surface area contributed by atoms with E-state index in [0.29, 0.717) is 24.2 Å². The van der Waals surface area contributed by atoms with Crippen LogP contribution in [0.25, 0.3) is 0 Å². The van der Waals surface area contributed by atoms with Crippen LogP contribution in [0.2, 0.25) is 5.02 Å². The number of hydrogen-bond acceptors (Lipinski definition) is 4. The van der Waals surface area contributed by atoms with Crippen LogP contribution in [0.1, 0.15) is 19.8 Å². The summed E-state index contributed by atoms with van der Waals surface area (Å²) < 4.78 is 0. The highest BCUT2D eigenvalue weighted by Crippen LogP contribution is 2.29. The lowest BCUT2D eigenvalue weighted by Crippen LogP contribution is -2.44. The van der Waals surface area contributed by atoms with E-state index in [4.69, 9.17) is 17.3 Å². The zero-order chi connectivity index (χ0) is 12.4. The average Bonchev–Trinajstić information content (AvgIpc) is 2.34. The number of aromatic nitrogens is 2. The molecular weight excluding hydrogens is 240 g/mol. The predicted octanol–water partition coefficient (Wildman–Crippen LogP) is 0.987. The third-order valence-electron chi connectivity index (χ3n) is 3.40. The van der Waals surface area contributed by atoms with Gasteiger partial charge in [-0.2, -0.15) is 5.10 Å². The molecular formula is C11H17ClN4O. The highest BCUT2D eigenvalue weighted by Gasteiger charge is 2.26. The molecule has 1 saturated heterocycles. The standard InChI is InChI=1S/C11H17ClN4O/c1-7-2-3-8(4-13)6-16(7)9-5-14-15-11(17)10(9)12/h5,7-8H,2-4,6,13H2,1H3,(H,15,17). The van der Waals surface area contributed by atoms with Crippen LogP contribution >= 0.6 is 11.6 Å². The van der Waals surface area contributed by atoms with Crippen molar-refractivity contribution >= 4 is 17.3 Å². The van der Waals surface area contributed by atoms with Gasteiger partial charge in [0.05, 0.1) is 11.9 Å². The van der Waals surface area contributed by atoms with Gasteiger partial charge in [0.1, 0.15) is 5.02 Å². The summed E-state index contributed by atoms with van der Waals surface area (Å²) in [5.74, 6) is 0.460. The third kappa shape index (κ3) is 2.45. The van der Waals surface area contributed by atoms with Gasteiger partial charge in [0.25, 0.3) is 5.56 Å². The lowest BCUT2D eigenvalue weighted by molar-refractivity contribution is 0.373. The highest BCUT2D eigenvalue weighted by atomic mass is 35.5. The topological polar surface area (TPSA) is 75.0 Å². The van der Waals surface area contributed by atoms with Crippen molar-refractivity contribution in [3.05, 3.63) is 21.6 Å². The molecule has 0 radical (unpaired) electrons. The number of nitrogens with two attached hydrogens (primary N) is 1. The van der Waals surface area contributed by atoms with Crippen LogP contribution in [0.15, 0.2) is 11.0 Å². The molecule has 2 unspecified atom stereocenters. The van der Waals surface area contributed by atoms with E-state index in [-0.39, 0.29) is 10.6 Å². The Morgan fingerprint density at radius 3 is 3.12 bits per heavy atom. The molecule has 1 aliphatic heterocycles. The minimum absolute atomic E-state index is 0.213. The molecule has 1 fully saturated rings. The molecule has 0 saturated carbocycles. The first-order chi connectivity index (χ1) is 8.13. The van der Waals surface area contributed by atoms with Crippen LogP contribution in [0.5, 0.6) is 0 Å². The van der Waals surface area contributed by atoms with E-state index in [9.17, 15) is 4.79 Å². The fourth-order valence-electron chi connectivity index (χ4n) is 2.28. The molecule has 94 valence electrons. The van der Waals surface area contributed by atoms with Gasteiger partial charge in [0, 0.05) is 12.6 Å². The number of aromatic amines is 1. The second-order valence-corrected chi connectivity index (χ2v) is 4.96. The van der Waals surface area contributed by atoms with Crippen LogP contribution in [0, 0.1) is 5.92 Å². The van der Waals surface area contributed by atoms with Gasteiger partial charge in [0.15, 0.2) is 0 Å². The molecule has 6 heteroatoms. The first-order valence-corrected chi connectivity index (χ1v) is 6.21. The minimum Gasteiger partial charge on any atom is -0.366 e. The number of rotatable bonds is 2. The van der Waals surface area contributed by atoms with Gasteiger partial charge >= 0.3 is 0 Å². The molecule has 1 aromatic rings. The van der Waals surface area contributed by atoms with Crippen LogP contribution in [-0.2, 0) is 0 Å². The molecule has 17 heavy (non-hydrogen) atoms. The zero-order valence-electron chi connectivity index (χ0n) is 9.82. The molecule has 3 N–H and O–H groups in total. The van der Waals surface area contributed by atoms with Crippen molar-refractivity contribution in [3.63, 3.8) is 0 Å². The molecule has 0 amide bonds. The largest absolute Gasteiger partial charge is 0.366 e. The summed E-state index contributed by atoms with van der Waals surface area (Å²) >= 11 is 6.03. The quantitative estimate of drug-likeness (QED) is 0.827. The fourth-order valence-corrected chi connectivity index (χ4v) is 2.48. The Bertz CT molecular complexity index is 447. The molecule has 0 aromatic carbocycles. The summed E-state index contributed by atoms with van der Waals surface area (Å²) in [5.41, 5.74) is 6.08. The summed E-state index contributed by atoms with van der Waals surface area (Å²) in [5, 5.41) is 6.35. The molecule has 0 bridgehead atoms. The van der Waals surface area contributed by atoms with Crippen molar-refractivity contribution in [1.82, 2.24) is 10.2 Å². The summed E-state index contributed by atoms with van der Waals surface area (Å²) in [6, 6.07) is 0.360. The van der Waals surface area contributed by atoms with Gasteiger partial charge in [-0.1, -0.05) is 11.6 Å². The molecule has 1 aliphatic rings. The molecule has 2 heterocycles. The molecule has 2 atom stereocenters. The Labute approximate surface area is 105 Å². The van der Waals surface area contributed by atoms with Gasteiger partial charge in [-0.15, -0.1) is 0 Å². The fraction of sp³-hybridized carbons (Fsp3) is 0.636. The maximum Gasteiger partial charge on any atom is 0.285 e. The first kappa shape index (κ1) is 12.4. The van der Waals surface area contributed by atoms with Gasteiger partial charge in [-0.05, 0) is 32.2 Å². The van der Waals surface area contributed by atoms with Gasteiger partial charge in [-0.3, -0.25) is 4.79 Å². The van der Waals surface area contributed by atoms with Crippen LogP contribution in [0.3, 0.4) is 0 Å². The number of hydrogen-bond donors (Lipinski definition) is 2. The summed E-state index contributed by atoms with van der Waals surface area (Å²) in [6.07, 6.45) is 3.80. The Morgan fingerprint density at radius 1 is 1.65 bits per heavy atom. The van der Waals surface area contributed by atoms with E-state index in [1.165, 1.54) is 0 Å². The summed E-state index contributed by atoms with van der Waals surface area (Å²) in [7, 11) is 0. The highest BCUT2D eigenvalue weighted by molar-refractivity contribution is 6.33. The number of nitrogens with zero attached hydrogens (tertiary/aromatic N) is 2. The van der Waals surface area contributed by atoms with Crippen molar-refractivity contribution in [3.8, 4) is 0 Å². The Morgan fingerprint density at radius 2 is 2.41 bits per heavy atom. The van der Waals surface area contributed by atoms with Crippen molar-refractivity contribution in [2.45, 2.75) is 25.8 Å². The molecule has 1 aromatic heterocycles. The zero-order valence-corrected chi connectivity index (χ0v) is 10.6. The molecule has 2 rings (SSSR count). The van der Waals surface area contributed by atoms with Crippen LogP contribution in [-0.4, -0.2) is 29.3 Å². The molecule has 0 spiro atoms. The number of halogens is 1.